The first kappa shape index (κ1) is 16.4. The number of rotatable bonds is 4. The van der Waals surface area contributed by atoms with Gasteiger partial charge in [-0.05, 0) is 30.5 Å². The Labute approximate surface area is 152 Å². The Kier molecular flexibility index (Phi) is 4.39. The number of halogens is 1. The van der Waals surface area contributed by atoms with Crippen LogP contribution in [-0.2, 0) is 16.6 Å². The minimum Gasteiger partial charge on any atom is -0.381 e. The molecule has 0 saturated carbocycles. The molecule has 1 aromatic carbocycles. The zero-order valence-corrected chi connectivity index (χ0v) is 15.3. The van der Waals surface area contributed by atoms with Crippen LogP contribution in [0.2, 0.25) is 0 Å². The first-order valence-electron chi connectivity index (χ1n) is 8.12. The summed E-state index contributed by atoms with van der Waals surface area (Å²) in [5.41, 5.74) is 0.835. The van der Waals surface area contributed by atoms with E-state index in [0.29, 0.717) is 43.1 Å². The van der Waals surface area contributed by atoms with Gasteiger partial charge < -0.3 is 13.8 Å². The van der Waals surface area contributed by atoms with E-state index in [9.17, 15) is 0 Å². The number of hydrogen-bond donors (Lipinski definition) is 0. The highest BCUT2D eigenvalue weighted by molar-refractivity contribution is 9.10. The number of aromatic nitrogens is 4. The van der Waals surface area contributed by atoms with Gasteiger partial charge in [0.15, 0.2) is 11.6 Å². The van der Waals surface area contributed by atoms with Gasteiger partial charge in [0.1, 0.15) is 0 Å². The quantitative estimate of drug-likeness (QED) is 0.659. The Morgan fingerprint density at radius 3 is 2.36 bits per heavy atom. The van der Waals surface area contributed by atoms with Crippen molar-refractivity contribution < 1.29 is 13.8 Å². The summed E-state index contributed by atoms with van der Waals surface area (Å²) in [5, 5.41) is 8.01. The number of ether oxygens (including phenoxy) is 1. The largest absolute Gasteiger partial charge is 0.381 e. The summed E-state index contributed by atoms with van der Waals surface area (Å²) >= 11 is 3.49. The minimum absolute atomic E-state index is 0.322. The molecule has 0 bridgehead atoms. The molecule has 8 heteroatoms. The highest BCUT2D eigenvalue weighted by Crippen LogP contribution is 2.40. The lowest BCUT2D eigenvalue weighted by molar-refractivity contribution is 0.0523. The molecule has 1 fully saturated rings. The first-order chi connectivity index (χ1) is 12.2. The molecule has 0 amide bonds. The molecule has 1 aliphatic heterocycles. The summed E-state index contributed by atoms with van der Waals surface area (Å²) in [5.74, 6) is 2.25. The van der Waals surface area contributed by atoms with Crippen LogP contribution in [0.4, 0.5) is 0 Å². The predicted octanol–water partition coefficient (Wildman–Crippen LogP) is 3.21. The molecule has 3 heterocycles. The van der Waals surface area contributed by atoms with Crippen molar-refractivity contribution >= 4 is 15.9 Å². The van der Waals surface area contributed by atoms with Crippen molar-refractivity contribution in [3.05, 3.63) is 57.7 Å². The van der Waals surface area contributed by atoms with Crippen molar-refractivity contribution in [2.24, 2.45) is 0 Å². The highest BCUT2D eigenvalue weighted by atomic mass is 79.9. The van der Waals surface area contributed by atoms with Crippen LogP contribution in [-0.4, -0.2) is 33.5 Å². The Hall–Kier alpha value is -2.06. The van der Waals surface area contributed by atoms with E-state index in [2.05, 4.69) is 48.3 Å². The SMILES string of the molecule is Cc1nc(Cc2noc(C3(c4ccc(Br)cc4)CCOCC3)n2)no1. The van der Waals surface area contributed by atoms with Gasteiger partial charge in [-0.25, -0.2) is 0 Å². The predicted molar refractivity (Wildman–Crippen MR) is 91.1 cm³/mol. The summed E-state index contributed by atoms with van der Waals surface area (Å²) in [7, 11) is 0. The van der Waals surface area contributed by atoms with Crippen LogP contribution in [0.5, 0.6) is 0 Å². The number of hydrogen-bond acceptors (Lipinski definition) is 7. The second-order valence-corrected chi connectivity index (χ2v) is 7.04. The van der Waals surface area contributed by atoms with Gasteiger partial charge in [-0.15, -0.1) is 0 Å². The van der Waals surface area contributed by atoms with Crippen LogP contribution in [0.15, 0.2) is 37.8 Å². The maximum atomic E-state index is 5.66. The number of aryl methyl sites for hydroxylation is 1. The average Bonchev–Trinajstić information content (AvgIpc) is 3.26. The molecule has 25 heavy (non-hydrogen) atoms. The molecular formula is C17H17BrN4O3. The maximum Gasteiger partial charge on any atom is 0.237 e. The summed E-state index contributed by atoms with van der Waals surface area (Å²) in [6.07, 6.45) is 1.99. The van der Waals surface area contributed by atoms with Crippen LogP contribution in [0.25, 0.3) is 0 Å². The van der Waals surface area contributed by atoms with Crippen LogP contribution in [0, 0.1) is 6.92 Å². The molecule has 130 valence electrons. The fourth-order valence-electron chi connectivity index (χ4n) is 3.19. The summed E-state index contributed by atoms with van der Waals surface area (Å²) in [6.45, 7) is 3.08. The Morgan fingerprint density at radius 1 is 1.00 bits per heavy atom. The molecule has 4 rings (SSSR count). The van der Waals surface area contributed by atoms with Crippen molar-refractivity contribution in [1.82, 2.24) is 20.3 Å². The summed E-state index contributed by atoms with van der Waals surface area (Å²) < 4.78 is 17.3. The standard InChI is InChI=1S/C17H17BrN4O3/c1-11-19-14(21-24-11)10-15-20-16(25-22-15)17(6-8-23-9-7-17)12-2-4-13(18)5-3-12/h2-5H,6-10H2,1H3. The van der Waals surface area contributed by atoms with Crippen molar-refractivity contribution in [1.29, 1.82) is 0 Å². The monoisotopic (exact) mass is 404 g/mol. The molecule has 3 aromatic rings. The van der Waals surface area contributed by atoms with Gasteiger partial charge in [0.05, 0.1) is 11.8 Å². The Morgan fingerprint density at radius 2 is 1.68 bits per heavy atom. The van der Waals surface area contributed by atoms with E-state index in [-0.39, 0.29) is 5.41 Å². The van der Waals surface area contributed by atoms with Crippen LogP contribution >= 0.6 is 15.9 Å². The van der Waals surface area contributed by atoms with Gasteiger partial charge in [0.25, 0.3) is 0 Å². The fraction of sp³-hybridized carbons (Fsp3) is 0.412. The maximum absolute atomic E-state index is 5.66. The fourth-order valence-corrected chi connectivity index (χ4v) is 3.45. The molecule has 0 unspecified atom stereocenters. The van der Waals surface area contributed by atoms with Gasteiger partial charge in [-0.2, -0.15) is 9.97 Å². The third-order valence-corrected chi connectivity index (χ3v) is 5.04. The van der Waals surface area contributed by atoms with E-state index in [1.807, 2.05) is 12.1 Å². The third kappa shape index (κ3) is 3.23. The summed E-state index contributed by atoms with van der Waals surface area (Å²) in [6, 6.07) is 8.27. The van der Waals surface area contributed by atoms with E-state index in [0.717, 1.165) is 22.9 Å². The van der Waals surface area contributed by atoms with E-state index in [1.54, 1.807) is 6.92 Å². The van der Waals surface area contributed by atoms with Crippen molar-refractivity contribution in [2.75, 3.05) is 13.2 Å². The smallest absolute Gasteiger partial charge is 0.237 e. The Bertz CT molecular complexity index is 853. The molecule has 1 aliphatic rings. The van der Waals surface area contributed by atoms with Gasteiger partial charge in [-0.3, -0.25) is 0 Å². The highest BCUT2D eigenvalue weighted by Gasteiger charge is 2.41. The summed E-state index contributed by atoms with van der Waals surface area (Å²) in [4.78, 5) is 8.83. The molecule has 2 aromatic heterocycles. The zero-order valence-electron chi connectivity index (χ0n) is 13.7. The molecule has 1 saturated heterocycles. The van der Waals surface area contributed by atoms with Crippen molar-refractivity contribution in [2.45, 2.75) is 31.6 Å². The van der Waals surface area contributed by atoms with E-state index < -0.39 is 0 Å². The van der Waals surface area contributed by atoms with Gasteiger partial charge in [0, 0.05) is 24.6 Å². The molecule has 0 spiro atoms. The molecule has 0 atom stereocenters. The zero-order chi connectivity index (χ0) is 17.3. The number of benzene rings is 1. The number of nitrogens with zero attached hydrogens (tertiary/aromatic N) is 4. The van der Waals surface area contributed by atoms with Gasteiger partial charge in [0.2, 0.25) is 11.8 Å². The van der Waals surface area contributed by atoms with Crippen LogP contribution < -0.4 is 0 Å². The lowest BCUT2D eigenvalue weighted by Gasteiger charge is -2.34. The average molecular weight is 405 g/mol. The molecular weight excluding hydrogens is 388 g/mol. The molecule has 7 nitrogen and oxygen atoms in total. The van der Waals surface area contributed by atoms with E-state index in [4.69, 9.17) is 13.8 Å². The van der Waals surface area contributed by atoms with Gasteiger partial charge in [-0.1, -0.05) is 38.4 Å². The second-order valence-electron chi connectivity index (χ2n) is 6.12. The van der Waals surface area contributed by atoms with Gasteiger partial charge >= 0.3 is 0 Å². The van der Waals surface area contributed by atoms with Crippen LogP contribution in [0.1, 0.15) is 41.8 Å². The van der Waals surface area contributed by atoms with E-state index in [1.165, 1.54) is 0 Å². The first-order valence-corrected chi connectivity index (χ1v) is 8.91. The Balaban J connectivity index is 1.67. The van der Waals surface area contributed by atoms with E-state index >= 15 is 0 Å². The molecule has 0 radical (unpaired) electrons. The van der Waals surface area contributed by atoms with Crippen molar-refractivity contribution in [3.8, 4) is 0 Å². The van der Waals surface area contributed by atoms with Crippen molar-refractivity contribution in [3.63, 3.8) is 0 Å². The lowest BCUT2D eigenvalue weighted by Crippen LogP contribution is -2.35. The topological polar surface area (TPSA) is 87.1 Å². The second kappa shape index (κ2) is 6.68. The third-order valence-electron chi connectivity index (χ3n) is 4.51. The normalized spacial score (nSPS) is 16.9. The molecule has 0 N–H and O–H groups in total. The lowest BCUT2D eigenvalue weighted by atomic mass is 9.74. The van der Waals surface area contributed by atoms with Crippen LogP contribution in [0.3, 0.4) is 0 Å². The minimum atomic E-state index is -0.322. The molecule has 0 aliphatic carbocycles.